The normalized spacial score (nSPS) is 17.9. The molecule has 136 valence electrons. The molecule has 3 rings (SSSR count). The van der Waals surface area contributed by atoms with E-state index in [-0.39, 0.29) is 17.9 Å². The molecule has 2 aromatic rings. The van der Waals surface area contributed by atoms with Crippen LogP contribution < -0.4 is 4.74 Å². The van der Waals surface area contributed by atoms with E-state index >= 15 is 0 Å². The first-order chi connectivity index (χ1) is 12.5. The lowest BCUT2D eigenvalue weighted by Crippen LogP contribution is -2.40. The minimum atomic E-state index is -0.521. The molecular weight excluding hydrogens is 354 g/mol. The molecule has 0 saturated carbocycles. The second kappa shape index (κ2) is 7.79. The van der Waals surface area contributed by atoms with Crippen molar-refractivity contribution in [3.63, 3.8) is 0 Å². The van der Waals surface area contributed by atoms with Crippen LogP contribution in [0, 0.1) is 0 Å². The number of likely N-dealkylation sites (tertiary alicyclic amines) is 1. The number of benzene rings is 2. The van der Waals surface area contributed by atoms with Gasteiger partial charge in [0.15, 0.2) is 0 Å². The quantitative estimate of drug-likeness (QED) is 0.731. The fourth-order valence-electron chi connectivity index (χ4n) is 3.17. The number of hydrogen-bond acceptors (Lipinski definition) is 4. The summed E-state index contributed by atoms with van der Waals surface area (Å²) < 4.78 is 10.6. The maximum atomic E-state index is 12.2. The third-order valence-electron chi connectivity index (χ3n) is 4.56. The molecule has 5 nitrogen and oxygen atoms in total. The molecule has 1 aliphatic rings. The van der Waals surface area contributed by atoms with Crippen molar-refractivity contribution >= 4 is 23.5 Å². The van der Waals surface area contributed by atoms with E-state index in [1.165, 1.54) is 7.11 Å². The number of carbonyl (C=O) groups excluding carboxylic acids is 2. The van der Waals surface area contributed by atoms with Crippen LogP contribution in [0.15, 0.2) is 48.5 Å². The summed E-state index contributed by atoms with van der Waals surface area (Å²) in [7, 11) is 1.34. The summed E-state index contributed by atoms with van der Waals surface area (Å²) in [5.74, 6) is 0.969. The highest BCUT2D eigenvalue weighted by Gasteiger charge is 2.39. The highest BCUT2D eigenvalue weighted by Crippen LogP contribution is 2.32. The Labute approximate surface area is 157 Å². The summed E-state index contributed by atoms with van der Waals surface area (Å²) >= 11 is 5.87. The molecular formula is C20H20ClNO4. The maximum Gasteiger partial charge on any atom is 0.328 e. The van der Waals surface area contributed by atoms with Crippen LogP contribution in [0.25, 0.3) is 0 Å². The average Bonchev–Trinajstić information content (AvgIpc) is 3.04. The molecule has 6 heteroatoms. The number of esters is 1. The third kappa shape index (κ3) is 3.83. The van der Waals surface area contributed by atoms with Crippen molar-refractivity contribution in [2.45, 2.75) is 31.8 Å². The molecule has 2 aromatic carbocycles. The molecule has 2 unspecified atom stereocenters. The zero-order valence-electron chi connectivity index (χ0n) is 14.6. The molecule has 0 radical (unpaired) electrons. The molecule has 0 N–H and O–H groups in total. The Kier molecular flexibility index (Phi) is 5.47. The Morgan fingerprint density at radius 1 is 1.12 bits per heavy atom. The Morgan fingerprint density at radius 3 is 2.27 bits per heavy atom. The summed E-state index contributed by atoms with van der Waals surface area (Å²) in [5.41, 5.74) is 0.928. The number of halogens is 1. The van der Waals surface area contributed by atoms with Crippen LogP contribution in [0.3, 0.4) is 0 Å². The van der Waals surface area contributed by atoms with Gasteiger partial charge in [-0.15, -0.1) is 0 Å². The van der Waals surface area contributed by atoms with Crippen LogP contribution in [-0.2, 0) is 14.3 Å². The first-order valence-corrected chi connectivity index (χ1v) is 8.80. The standard InChI is InChI=1S/C20H20ClNO4/c1-13(22-18(20(24)25-2)11-12-19(22)23)14-3-7-16(8-4-14)26-17-9-5-15(21)6-10-17/h3-10,13,18H,11-12H2,1-2H3. The Balaban J connectivity index is 1.73. The van der Waals surface area contributed by atoms with E-state index in [1.807, 2.05) is 31.2 Å². The van der Waals surface area contributed by atoms with Gasteiger partial charge < -0.3 is 14.4 Å². The van der Waals surface area contributed by atoms with Crippen molar-refractivity contribution in [2.75, 3.05) is 7.11 Å². The predicted molar refractivity (Wildman–Crippen MR) is 98.3 cm³/mol. The fraction of sp³-hybridized carbons (Fsp3) is 0.300. The van der Waals surface area contributed by atoms with Crippen LogP contribution in [-0.4, -0.2) is 29.9 Å². The number of amides is 1. The molecule has 2 atom stereocenters. The number of ether oxygens (including phenoxy) is 2. The molecule has 1 aliphatic heterocycles. The minimum absolute atomic E-state index is 0.0330. The molecule has 0 aromatic heterocycles. The van der Waals surface area contributed by atoms with Gasteiger partial charge in [0.1, 0.15) is 17.5 Å². The molecule has 0 bridgehead atoms. The summed E-state index contributed by atoms with van der Waals surface area (Å²) in [6.45, 7) is 1.91. The van der Waals surface area contributed by atoms with Crippen LogP contribution in [0.2, 0.25) is 5.02 Å². The van der Waals surface area contributed by atoms with E-state index in [0.29, 0.717) is 29.4 Å². The van der Waals surface area contributed by atoms with E-state index in [4.69, 9.17) is 21.1 Å². The van der Waals surface area contributed by atoms with Gasteiger partial charge in [-0.1, -0.05) is 23.7 Å². The van der Waals surface area contributed by atoms with Crippen molar-refractivity contribution in [1.82, 2.24) is 4.90 Å². The molecule has 0 aliphatic carbocycles. The van der Waals surface area contributed by atoms with Gasteiger partial charge in [-0.25, -0.2) is 4.79 Å². The topological polar surface area (TPSA) is 55.8 Å². The first-order valence-electron chi connectivity index (χ1n) is 8.42. The Morgan fingerprint density at radius 2 is 1.69 bits per heavy atom. The Bertz CT molecular complexity index is 788. The average molecular weight is 374 g/mol. The summed E-state index contributed by atoms with van der Waals surface area (Å²) in [6, 6.07) is 13.9. The summed E-state index contributed by atoms with van der Waals surface area (Å²) in [4.78, 5) is 25.8. The van der Waals surface area contributed by atoms with Gasteiger partial charge in [-0.2, -0.15) is 0 Å². The number of methoxy groups -OCH3 is 1. The smallest absolute Gasteiger partial charge is 0.328 e. The lowest BCUT2D eigenvalue weighted by atomic mass is 10.1. The second-order valence-corrected chi connectivity index (χ2v) is 6.62. The molecule has 1 amide bonds. The second-order valence-electron chi connectivity index (χ2n) is 6.18. The molecule has 26 heavy (non-hydrogen) atoms. The lowest BCUT2D eigenvalue weighted by molar-refractivity contribution is -0.150. The highest BCUT2D eigenvalue weighted by atomic mass is 35.5. The van der Waals surface area contributed by atoms with Gasteiger partial charge >= 0.3 is 5.97 Å². The zero-order valence-corrected chi connectivity index (χ0v) is 15.4. The summed E-state index contributed by atoms with van der Waals surface area (Å²) in [6.07, 6.45) is 0.857. The van der Waals surface area contributed by atoms with E-state index in [9.17, 15) is 9.59 Å². The maximum absolute atomic E-state index is 12.2. The number of rotatable bonds is 5. The van der Waals surface area contributed by atoms with Gasteiger partial charge in [0.25, 0.3) is 0 Å². The van der Waals surface area contributed by atoms with Crippen LogP contribution in [0.5, 0.6) is 11.5 Å². The van der Waals surface area contributed by atoms with Crippen molar-refractivity contribution in [1.29, 1.82) is 0 Å². The minimum Gasteiger partial charge on any atom is -0.467 e. The van der Waals surface area contributed by atoms with Crippen LogP contribution in [0.4, 0.5) is 0 Å². The van der Waals surface area contributed by atoms with Gasteiger partial charge in [-0.05, 0) is 55.3 Å². The van der Waals surface area contributed by atoms with Crippen molar-refractivity contribution in [2.24, 2.45) is 0 Å². The number of hydrogen-bond donors (Lipinski definition) is 0. The monoisotopic (exact) mass is 373 g/mol. The lowest BCUT2D eigenvalue weighted by Gasteiger charge is -2.29. The zero-order chi connectivity index (χ0) is 18.7. The first kappa shape index (κ1) is 18.3. The number of carbonyl (C=O) groups is 2. The van der Waals surface area contributed by atoms with E-state index < -0.39 is 6.04 Å². The van der Waals surface area contributed by atoms with Crippen molar-refractivity contribution in [3.05, 3.63) is 59.1 Å². The van der Waals surface area contributed by atoms with Crippen molar-refractivity contribution < 1.29 is 19.1 Å². The van der Waals surface area contributed by atoms with E-state index in [1.54, 1.807) is 29.2 Å². The molecule has 1 fully saturated rings. The highest BCUT2D eigenvalue weighted by molar-refractivity contribution is 6.30. The van der Waals surface area contributed by atoms with Crippen molar-refractivity contribution in [3.8, 4) is 11.5 Å². The number of nitrogens with zero attached hydrogens (tertiary/aromatic N) is 1. The summed E-state index contributed by atoms with van der Waals surface area (Å²) in [5, 5.41) is 0.650. The Hall–Kier alpha value is -2.53. The van der Waals surface area contributed by atoms with Gasteiger partial charge in [0.2, 0.25) is 5.91 Å². The van der Waals surface area contributed by atoms with Crippen LogP contribution in [0.1, 0.15) is 31.4 Å². The molecule has 1 heterocycles. The SMILES string of the molecule is COC(=O)C1CCC(=O)N1C(C)c1ccc(Oc2ccc(Cl)cc2)cc1. The van der Waals surface area contributed by atoms with Gasteiger partial charge in [0.05, 0.1) is 13.2 Å². The van der Waals surface area contributed by atoms with Gasteiger partial charge in [-0.3, -0.25) is 4.79 Å². The third-order valence-corrected chi connectivity index (χ3v) is 4.81. The fourth-order valence-corrected chi connectivity index (χ4v) is 3.30. The van der Waals surface area contributed by atoms with Gasteiger partial charge in [0, 0.05) is 11.4 Å². The largest absolute Gasteiger partial charge is 0.467 e. The van der Waals surface area contributed by atoms with Crippen LogP contribution >= 0.6 is 11.6 Å². The van der Waals surface area contributed by atoms with E-state index in [2.05, 4.69) is 0 Å². The van der Waals surface area contributed by atoms with E-state index in [0.717, 1.165) is 5.56 Å². The molecule has 0 spiro atoms. The predicted octanol–water partition coefficient (Wildman–Crippen LogP) is 4.36. The molecule has 1 saturated heterocycles.